The summed E-state index contributed by atoms with van der Waals surface area (Å²) in [5.41, 5.74) is 8.27. The highest BCUT2D eigenvalue weighted by molar-refractivity contribution is 6.50. The summed E-state index contributed by atoms with van der Waals surface area (Å²) in [5.74, 6) is -2.06. The Hall–Kier alpha value is -4.39. The summed E-state index contributed by atoms with van der Waals surface area (Å²) >= 11 is 0. The lowest BCUT2D eigenvalue weighted by molar-refractivity contribution is -0.129. The third-order valence-electron chi connectivity index (χ3n) is 7.92. The van der Waals surface area contributed by atoms with E-state index >= 15 is 0 Å². The molecule has 7 nitrogen and oxygen atoms in total. The van der Waals surface area contributed by atoms with Crippen LogP contribution in [0.3, 0.4) is 0 Å². The van der Waals surface area contributed by atoms with Crippen molar-refractivity contribution in [2.24, 2.45) is 0 Å². The van der Waals surface area contributed by atoms with E-state index in [4.69, 9.17) is 5.41 Å². The van der Waals surface area contributed by atoms with Crippen LogP contribution in [-0.2, 0) is 28.9 Å². The Bertz CT molecular complexity index is 1460. The van der Waals surface area contributed by atoms with E-state index in [0.717, 1.165) is 56.6 Å². The summed E-state index contributed by atoms with van der Waals surface area (Å²) in [5, 5.41) is 20.3. The molecule has 0 saturated heterocycles. The number of hydrogen-bond acceptors (Lipinski definition) is 5. The number of carbonyl (C=O) groups excluding carboxylic acids is 1. The highest BCUT2D eigenvalue weighted by Crippen LogP contribution is 2.41. The summed E-state index contributed by atoms with van der Waals surface area (Å²) in [6.07, 6.45) is 8.07. The van der Waals surface area contributed by atoms with Gasteiger partial charge in [-0.3, -0.25) is 10.2 Å². The van der Waals surface area contributed by atoms with Crippen molar-refractivity contribution < 1.29 is 14.7 Å². The van der Waals surface area contributed by atoms with E-state index < -0.39 is 17.6 Å². The normalized spacial score (nSPS) is 16.3. The van der Waals surface area contributed by atoms with Crippen LogP contribution < -0.4 is 15.1 Å². The number of nitrogens with zero attached hydrogens (tertiary/aromatic N) is 2. The average molecular weight is 521 g/mol. The van der Waals surface area contributed by atoms with Gasteiger partial charge in [-0.2, -0.15) is 0 Å². The molecule has 7 heteroatoms. The minimum absolute atomic E-state index is 0.183. The standard InChI is InChI=1S/C32H32N4O3/c33-29(32(38)39)27(31(37)34-25-10-2-1-3-11-25)18-21-12-13-28-22(17-21)7-6-16-36(28)26-19-23-8-4-14-35-15-5-9-24(20-26)30(23)35/h1-3,10-13,17-20,33H,4-9,14-16H2,(H,34,37)(H,38,39)/b27-18-,33-29?. The van der Waals surface area contributed by atoms with Crippen molar-refractivity contribution in [2.75, 3.05) is 34.8 Å². The molecule has 0 fully saturated rings. The molecule has 3 N–H and O–H groups in total. The number of anilines is 4. The second kappa shape index (κ2) is 10.4. The van der Waals surface area contributed by atoms with Crippen molar-refractivity contribution in [3.8, 4) is 0 Å². The smallest absolute Gasteiger partial charge is 0.354 e. The minimum Gasteiger partial charge on any atom is -0.477 e. The summed E-state index contributed by atoms with van der Waals surface area (Å²) in [6, 6.07) is 19.6. The van der Waals surface area contributed by atoms with Gasteiger partial charge in [0.2, 0.25) is 0 Å². The highest BCUT2D eigenvalue weighted by Gasteiger charge is 2.27. The fourth-order valence-corrected chi connectivity index (χ4v) is 6.17. The number of carboxylic acid groups (broad SMARTS) is 1. The maximum Gasteiger partial charge on any atom is 0.354 e. The van der Waals surface area contributed by atoms with Gasteiger partial charge < -0.3 is 20.2 Å². The molecule has 3 aliphatic heterocycles. The Kier molecular flexibility index (Phi) is 6.65. The summed E-state index contributed by atoms with van der Waals surface area (Å²) in [7, 11) is 0. The third kappa shape index (κ3) is 4.92. The van der Waals surface area contributed by atoms with Crippen LogP contribution in [0, 0.1) is 5.41 Å². The molecule has 3 aromatic carbocycles. The average Bonchev–Trinajstić information content (AvgIpc) is 2.95. The van der Waals surface area contributed by atoms with Gasteiger partial charge in [-0.15, -0.1) is 0 Å². The first-order valence-corrected chi connectivity index (χ1v) is 13.7. The predicted molar refractivity (Wildman–Crippen MR) is 155 cm³/mol. The number of amides is 1. The van der Waals surface area contributed by atoms with Crippen LogP contribution in [0.25, 0.3) is 6.08 Å². The number of hydrogen-bond donors (Lipinski definition) is 3. The number of fused-ring (bicyclic) bond motifs is 1. The topological polar surface area (TPSA) is 96.7 Å². The fourth-order valence-electron chi connectivity index (χ4n) is 6.17. The van der Waals surface area contributed by atoms with Crippen LogP contribution in [-0.4, -0.2) is 42.3 Å². The number of carbonyl (C=O) groups is 2. The number of para-hydroxylation sites is 1. The van der Waals surface area contributed by atoms with Gasteiger partial charge in [-0.25, -0.2) is 4.79 Å². The van der Waals surface area contributed by atoms with Crippen molar-refractivity contribution in [3.05, 3.63) is 88.5 Å². The van der Waals surface area contributed by atoms with Crippen LogP contribution >= 0.6 is 0 Å². The lowest BCUT2D eigenvalue weighted by Gasteiger charge is -2.39. The maximum atomic E-state index is 13.0. The molecule has 198 valence electrons. The first kappa shape index (κ1) is 24.9. The summed E-state index contributed by atoms with van der Waals surface area (Å²) in [4.78, 5) is 29.6. The Morgan fingerprint density at radius 3 is 2.21 bits per heavy atom. The molecule has 3 aliphatic rings. The number of aliphatic carboxylic acids is 1. The van der Waals surface area contributed by atoms with Crippen molar-refractivity contribution in [3.63, 3.8) is 0 Å². The molecule has 3 aromatic rings. The predicted octanol–water partition coefficient (Wildman–Crippen LogP) is 5.60. The molecular formula is C32H32N4O3. The fraction of sp³-hybridized carbons (Fsp3) is 0.281. The number of carboxylic acids is 1. The Labute approximate surface area is 228 Å². The van der Waals surface area contributed by atoms with Crippen LogP contribution in [0.4, 0.5) is 22.7 Å². The third-order valence-corrected chi connectivity index (χ3v) is 7.92. The maximum absolute atomic E-state index is 13.0. The SMILES string of the molecule is N=C(C(=O)O)/C(=C/c1ccc2c(c1)CCCN2c1cc2c3c(c1)CCCN3CCC2)C(=O)Nc1ccccc1. The van der Waals surface area contributed by atoms with Crippen molar-refractivity contribution in [2.45, 2.75) is 38.5 Å². The molecule has 0 bridgehead atoms. The Morgan fingerprint density at radius 2 is 1.51 bits per heavy atom. The van der Waals surface area contributed by atoms with Crippen LogP contribution in [0.5, 0.6) is 0 Å². The van der Waals surface area contributed by atoms with E-state index in [9.17, 15) is 14.7 Å². The van der Waals surface area contributed by atoms with Crippen LogP contribution in [0.15, 0.2) is 66.2 Å². The van der Waals surface area contributed by atoms with Gasteiger partial charge >= 0.3 is 5.97 Å². The van der Waals surface area contributed by atoms with Crippen molar-refractivity contribution >= 4 is 46.4 Å². The molecular weight excluding hydrogens is 488 g/mol. The first-order valence-electron chi connectivity index (χ1n) is 13.7. The van der Waals surface area contributed by atoms with E-state index in [-0.39, 0.29) is 5.57 Å². The van der Waals surface area contributed by atoms with E-state index in [1.165, 1.54) is 41.4 Å². The second-order valence-corrected chi connectivity index (χ2v) is 10.5. The summed E-state index contributed by atoms with van der Waals surface area (Å²) < 4.78 is 0. The zero-order valence-corrected chi connectivity index (χ0v) is 21.9. The number of aryl methyl sites for hydroxylation is 3. The zero-order chi connectivity index (χ0) is 26.9. The molecule has 1 amide bonds. The van der Waals surface area contributed by atoms with Gasteiger partial charge in [0.25, 0.3) is 5.91 Å². The first-order chi connectivity index (χ1) is 19.0. The van der Waals surface area contributed by atoms with Crippen LogP contribution in [0.1, 0.15) is 41.5 Å². The van der Waals surface area contributed by atoms with Crippen molar-refractivity contribution in [1.29, 1.82) is 5.41 Å². The molecule has 0 aliphatic carbocycles. The van der Waals surface area contributed by atoms with Gasteiger partial charge in [0.05, 0.1) is 5.57 Å². The lowest BCUT2D eigenvalue weighted by atomic mass is 9.90. The Morgan fingerprint density at radius 1 is 0.846 bits per heavy atom. The van der Waals surface area contributed by atoms with Crippen molar-refractivity contribution in [1.82, 2.24) is 0 Å². The quantitative estimate of drug-likeness (QED) is 0.291. The molecule has 3 heterocycles. The second-order valence-electron chi connectivity index (χ2n) is 10.5. The Balaban J connectivity index is 1.33. The largest absolute Gasteiger partial charge is 0.477 e. The highest BCUT2D eigenvalue weighted by atomic mass is 16.4. The molecule has 0 saturated carbocycles. The molecule has 39 heavy (non-hydrogen) atoms. The monoisotopic (exact) mass is 520 g/mol. The number of nitrogens with one attached hydrogen (secondary N) is 2. The molecule has 6 rings (SSSR count). The lowest BCUT2D eigenvalue weighted by Crippen LogP contribution is -2.35. The molecule has 0 aromatic heterocycles. The van der Waals surface area contributed by atoms with E-state index in [0.29, 0.717) is 11.3 Å². The minimum atomic E-state index is -1.44. The number of rotatable bonds is 6. The van der Waals surface area contributed by atoms with Gasteiger partial charge in [0.1, 0.15) is 0 Å². The van der Waals surface area contributed by atoms with Gasteiger partial charge in [0, 0.05) is 42.4 Å². The zero-order valence-electron chi connectivity index (χ0n) is 21.9. The molecule has 0 radical (unpaired) electrons. The van der Waals surface area contributed by atoms with Crippen LogP contribution in [0.2, 0.25) is 0 Å². The van der Waals surface area contributed by atoms with Gasteiger partial charge in [-0.1, -0.05) is 24.3 Å². The molecule has 0 spiro atoms. The van der Waals surface area contributed by atoms with Gasteiger partial charge in [-0.05, 0) is 103 Å². The molecule has 0 unspecified atom stereocenters. The van der Waals surface area contributed by atoms with E-state index in [2.05, 4.69) is 33.3 Å². The van der Waals surface area contributed by atoms with E-state index in [1.54, 1.807) is 24.3 Å². The summed E-state index contributed by atoms with van der Waals surface area (Å²) in [6.45, 7) is 3.26. The molecule has 0 atom stereocenters. The van der Waals surface area contributed by atoms with Gasteiger partial charge in [0.15, 0.2) is 5.71 Å². The number of benzene rings is 3. The van der Waals surface area contributed by atoms with E-state index in [1.807, 2.05) is 18.2 Å².